The molecule has 1 aromatic rings. The third kappa shape index (κ3) is 2.48. The minimum absolute atomic E-state index is 0.202. The van der Waals surface area contributed by atoms with E-state index in [-0.39, 0.29) is 5.41 Å². The molecule has 4 saturated carbocycles. The Morgan fingerprint density at radius 1 is 1.14 bits per heavy atom. The van der Waals surface area contributed by atoms with Crippen molar-refractivity contribution in [1.29, 1.82) is 5.26 Å². The second kappa shape index (κ2) is 5.31. The summed E-state index contributed by atoms with van der Waals surface area (Å²) in [5.74, 6) is 4.49. The average Bonchev–Trinajstić information content (AvgIpc) is 2.92. The summed E-state index contributed by atoms with van der Waals surface area (Å²) in [6.45, 7) is 0. The molecule has 4 bridgehead atoms. The fourth-order valence-electron chi connectivity index (χ4n) is 5.17. The highest BCUT2D eigenvalue weighted by Crippen LogP contribution is 2.60. The van der Waals surface area contributed by atoms with Crippen molar-refractivity contribution in [3.8, 4) is 6.07 Å². The number of nitrogens with zero attached hydrogens (tertiary/aromatic N) is 3. The first-order valence-electron chi connectivity index (χ1n) is 8.11. The first-order chi connectivity index (χ1) is 10.3. The molecule has 0 N–H and O–H groups in total. The number of nitriles is 1. The summed E-state index contributed by atoms with van der Waals surface area (Å²) in [5.41, 5.74) is 0.202. The van der Waals surface area contributed by atoms with E-state index in [2.05, 4.69) is 16.3 Å². The van der Waals surface area contributed by atoms with E-state index in [0.717, 1.165) is 35.8 Å². The van der Waals surface area contributed by atoms with Gasteiger partial charge in [-0.25, -0.2) is 0 Å². The zero-order valence-corrected chi connectivity index (χ0v) is 13.1. The lowest BCUT2D eigenvalue weighted by molar-refractivity contribution is -0.0191. The summed E-state index contributed by atoms with van der Waals surface area (Å²) in [5, 5.41) is 17.9. The van der Waals surface area contributed by atoms with Crippen molar-refractivity contribution >= 4 is 11.8 Å². The minimum Gasteiger partial charge on any atom is -0.415 e. The maximum Gasteiger partial charge on any atom is 0.276 e. The van der Waals surface area contributed by atoms with Crippen LogP contribution in [0, 0.1) is 29.1 Å². The van der Waals surface area contributed by atoms with Gasteiger partial charge in [-0.15, -0.1) is 10.2 Å². The second-order valence-electron chi connectivity index (χ2n) is 7.18. The van der Waals surface area contributed by atoms with E-state index >= 15 is 0 Å². The zero-order valence-electron chi connectivity index (χ0n) is 12.3. The van der Waals surface area contributed by atoms with Crippen molar-refractivity contribution in [2.75, 3.05) is 5.75 Å². The molecule has 4 fully saturated rings. The highest BCUT2D eigenvalue weighted by molar-refractivity contribution is 7.99. The van der Waals surface area contributed by atoms with Crippen LogP contribution in [0.15, 0.2) is 9.64 Å². The second-order valence-corrected chi connectivity index (χ2v) is 8.23. The molecule has 4 aliphatic carbocycles. The Morgan fingerprint density at radius 2 is 1.81 bits per heavy atom. The van der Waals surface area contributed by atoms with Crippen LogP contribution in [0.4, 0.5) is 0 Å². The van der Waals surface area contributed by atoms with Crippen LogP contribution in [-0.4, -0.2) is 16.0 Å². The molecule has 1 aromatic heterocycles. The molecular weight excluding hydrogens is 282 g/mol. The van der Waals surface area contributed by atoms with Crippen LogP contribution in [0.25, 0.3) is 0 Å². The van der Waals surface area contributed by atoms with Gasteiger partial charge in [-0.1, -0.05) is 11.8 Å². The number of rotatable bonds is 5. The maximum atomic E-state index is 8.55. The average molecular weight is 303 g/mol. The Kier molecular flexibility index (Phi) is 3.45. The Bertz CT molecular complexity index is 527. The minimum atomic E-state index is 0.202. The van der Waals surface area contributed by atoms with Crippen molar-refractivity contribution in [1.82, 2.24) is 10.2 Å². The van der Waals surface area contributed by atoms with Crippen LogP contribution < -0.4 is 0 Å². The lowest BCUT2D eigenvalue weighted by atomic mass is 9.49. The lowest BCUT2D eigenvalue weighted by Crippen LogP contribution is -2.48. The van der Waals surface area contributed by atoms with Crippen LogP contribution in [0.2, 0.25) is 0 Å². The summed E-state index contributed by atoms with van der Waals surface area (Å²) in [7, 11) is 0. The van der Waals surface area contributed by atoms with E-state index in [1.54, 1.807) is 11.8 Å². The van der Waals surface area contributed by atoms with Gasteiger partial charge in [-0.05, 0) is 62.7 Å². The van der Waals surface area contributed by atoms with Crippen molar-refractivity contribution in [3.05, 3.63) is 5.89 Å². The Hall–Kier alpha value is -1.02. The van der Waals surface area contributed by atoms with Gasteiger partial charge < -0.3 is 4.42 Å². The third-order valence-corrected chi connectivity index (χ3v) is 6.46. The van der Waals surface area contributed by atoms with Crippen molar-refractivity contribution in [2.24, 2.45) is 17.8 Å². The summed E-state index contributed by atoms with van der Waals surface area (Å²) in [6.07, 6.45) is 9.58. The van der Waals surface area contributed by atoms with E-state index in [0.29, 0.717) is 11.6 Å². The maximum absolute atomic E-state index is 8.55. The largest absolute Gasteiger partial charge is 0.415 e. The Morgan fingerprint density at radius 3 is 2.43 bits per heavy atom. The third-order valence-electron chi connectivity index (χ3n) is 5.56. The summed E-state index contributed by atoms with van der Waals surface area (Å²) < 4.78 is 6.01. The van der Waals surface area contributed by atoms with Gasteiger partial charge in [0.15, 0.2) is 0 Å². The van der Waals surface area contributed by atoms with Gasteiger partial charge in [0.05, 0.1) is 6.07 Å². The molecule has 0 saturated heterocycles. The van der Waals surface area contributed by atoms with Crippen molar-refractivity contribution < 1.29 is 4.42 Å². The molecule has 5 heteroatoms. The van der Waals surface area contributed by atoms with Gasteiger partial charge in [-0.2, -0.15) is 5.26 Å². The molecule has 21 heavy (non-hydrogen) atoms. The molecule has 112 valence electrons. The molecule has 1 heterocycles. The summed E-state index contributed by atoms with van der Waals surface area (Å²) >= 11 is 1.59. The standard InChI is InChI=1S/C16H21N3OS/c17-3-1-2-4-21-15-19-18-14(20-15)16-8-11-5-12(9-16)7-13(6-11)10-16/h11-13H,1-2,4-10H2. The molecule has 0 amide bonds. The SMILES string of the molecule is N#CCCCSc1nnc(C23CC4CC(CC(C4)C2)C3)o1. The van der Waals surface area contributed by atoms with Crippen molar-refractivity contribution in [3.63, 3.8) is 0 Å². The topological polar surface area (TPSA) is 62.7 Å². The zero-order chi connectivity index (χ0) is 14.3. The Balaban J connectivity index is 1.47. The fourth-order valence-corrected chi connectivity index (χ4v) is 5.87. The van der Waals surface area contributed by atoms with Gasteiger partial charge in [0.25, 0.3) is 5.22 Å². The van der Waals surface area contributed by atoms with E-state index in [1.807, 2.05) is 0 Å². The molecular formula is C16H21N3OS. The molecule has 4 aliphatic rings. The summed E-state index contributed by atoms with van der Waals surface area (Å²) in [4.78, 5) is 0. The number of unbranched alkanes of at least 4 members (excludes halogenated alkanes) is 1. The van der Waals surface area contributed by atoms with Crippen LogP contribution in [0.1, 0.15) is 57.3 Å². The summed E-state index contributed by atoms with van der Waals surface area (Å²) in [6, 6.07) is 2.17. The van der Waals surface area contributed by atoms with E-state index in [9.17, 15) is 0 Å². The van der Waals surface area contributed by atoms with Gasteiger partial charge in [0.2, 0.25) is 5.89 Å². The van der Waals surface area contributed by atoms with E-state index in [1.165, 1.54) is 38.5 Å². The predicted molar refractivity (Wildman–Crippen MR) is 79.7 cm³/mol. The normalized spacial score (nSPS) is 36.8. The van der Waals surface area contributed by atoms with Crippen LogP contribution in [0.3, 0.4) is 0 Å². The number of hydrogen-bond acceptors (Lipinski definition) is 5. The molecule has 0 spiro atoms. The predicted octanol–water partition coefficient (Wildman–Crippen LogP) is 3.93. The first kappa shape index (κ1) is 13.6. The first-order valence-corrected chi connectivity index (χ1v) is 9.10. The number of thioether (sulfide) groups is 1. The molecule has 0 atom stereocenters. The quantitative estimate of drug-likeness (QED) is 0.609. The van der Waals surface area contributed by atoms with E-state index < -0.39 is 0 Å². The van der Waals surface area contributed by atoms with Gasteiger partial charge in [0, 0.05) is 17.6 Å². The van der Waals surface area contributed by atoms with Crippen LogP contribution >= 0.6 is 11.8 Å². The molecule has 5 rings (SSSR count). The van der Waals surface area contributed by atoms with Crippen molar-refractivity contribution in [2.45, 2.75) is 62.0 Å². The molecule has 4 nitrogen and oxygen atoms in total. The number of hydrogen-bond donors (Lipinski definition) is 0. The molecule has 0 radical (unpaired) electrons. The van der Waals surface area contributed by atoms with Gasteiger partial charge in [0.1, 0.15) is 0 Å². The van der Waals surface area contributed by atoms with Crippen LogP contribution in [0.5, 0.6) is 0 Å². The highest BCUT2D eigenvalue weighted by atomic mass is 32.2. The Labute approximate surface area is 129 Å². The van der Waals surface area contributed by atoms with Gasteiger partial charge in [-0.3, -0.25) is 0 Å². The smallest absolute Gasteiger partial charge is 0.276 e. The monoisotopic (exact) mass is 303 g/mol. The molecule has 0 aromatic carbocycles. The molecule has 0 aliphatic heterocycles. The lowest BCUT2D eigenvalue weighted by Gasteiger charge is -2.55. The van der Waals surface area contributed by atoms with E-state index in [4.69, 9.17) is 9.68 Å². The highest BCUT2D eigenvalue weighted by Gasteiger charge is 2.54. The number of aromatic nitrogens is 2. The molecule has 0 unspecified atom stereocenters. The van der Waals surface area contributed by atoms with Crippen LogP contribution in [-0.2, 0) is 5.41 Å². The van der Waals surface area contributed by atoms with Gasteiger partial charge >= 0.3 is 0 Å². The fraction of sp³-hybridized carbons (Fsp3) is 0.812.